The summed E-state index contributed by atoms with van der Waals surface area (Å²) in [5.74, 6) is 0.232. The van der Waals surface area contributed by atoms with Crippen LogP contribution in [0, 0.1) is 0 Å². The predicted molar refractivity (Wildman–Crippen MR) is 57.3 cm³/mol. The number of ketones is 1. The van der Waals surface area contributed by atoms with E-state index in [4.69, 9.17) is 4.74 Å². The molecule has 1 aliphatic rings. The zero-order chi connectivity index (χ0) is 9.97. The molecule has 1 saturated heterocycles. The van der Waals surface area contributed by atoms with Gasteiger partial charge in [-0.25, -0.2) is 0 Å². The number of benzene rings is 1. The largest absolute Gasteiger partial charge is 0.380 e. The Morgan fingerprint density at radius 3 is 2.64 bits per heavy atom. The van der Waals surface area contributed by atoms with Gasteiger partial charge in [-0.15, -0.1) is 0 Å². The SMILES string of the molecule is O=C1CCOCC1c1ccc(Br)cc1. The van der Waals surface area contributed by atoms with Crippen LogP contribution >= 0.6 is 15.9 Å². The molecule has 0 aliphatic carbocycles. The van der Waals surface area contributed by atoms with Crippen molar-refractivity contribution in [2.75, 3.05) is 13.2 Å². The summed E-state index contributed by atoms with van der Waals surface area (Å²) in [6, 6.07) is 7.86. The molecule has 2 rings (SSSR count). The van der Waals surface area contributed by atoms with Gasteiger partial charge < -0.3 is 4.74 Å². The molecular formula is C11H11BrO2. The van der Waals surface area contributed by atoms with Gasteiger partial charge in [0.15, 0.2) is 0 Å². The van der Waals surface area contributed by atoms with Crippen LogP contribution in [0.15, 0.2) is 28.7 Å². The van der Waals surface area contributed by atoms with Gasteiger partial charge in [-0.3, -0.25) is 4.79 Å². The van der Waals surface area contributed by atoms with Crippen molar-refractivity contribution in [3.63, 3.8) is 0 Å². The van der Waals surface area contributed by atoms with Crippen molar-refractivity contribution in [1.29, 1.82) is 0 Å². The van der Waals surface area contributed by atoms with E-state index < -0.39 is 0 Å². The highest BCUT2D eigenvalue weighted by Gasteiger charge is 2.24. The van der Waals surface area contributed by atoms with Crippen molar-refractivity contribution in [2.45, 2.75) is 12.3 Å². The maximum atomic E-state index is 11.6. The number of halogens is 1. The van der Waals surface area contributed by atoms with Crippen LogP contribution in [0.25, 0.3) is 0 Å². The minimum absolute atomic E-state index is 0.0585. The molecule has 0 spiro atoms. The molecule has 0 N–H and O–H groups in total. The van der Waals surface area contributed by atoms with Crippen LogP contribution in [0.4, 0.5) is 0 Å². The maximum Gasteiger partial charge on any atom is 0.144 e. The third-order valence-corrected chi connectivity index (χ3v) is 2.97. The van der Waals surface area contributed by atoms with E-state index >= 15 is 0 Å². The summed E-state index contributed by atoms with van der Waals surface area (Å²) in [5, 5.41) is 0. The number of hydrogen-bond donors (Lipinski definition) is 0. The molecule has 1 fully saturated rings. The lowest BCUT2D eigenvalue weighted by molar-refractivity contribution is -0.126. The van der Waals surface area contributed by atoms with E-state index in [1.54, 1.807) is 0 Å². The molecule has 1 aromatic carbocycles. The summed E-state index contributed by atoms with van der Waals surface area (Å²) < 4.78 is 6.34. The van der Waals surface area contributed by atoms with Crippen molar-refractivity contribution < 1.29 is 9.53 Å². The van der Waals surface area contributed by atoms with E-state index in [9.17, 15) is 4.79 Å². The van der Waals surface area contributed by atoms with Gasteiger partial charge in [-0.1, -0.05) is 28.1 Å². The number of ether oxygens (including phenoxy) is 1. The van der Waals surface area contributed by atoms with Crippen LogP contribution in [-0.2, 0) is 9.53 Å². The lowest BCUT2D eigenvalue weighted by Gasteiger charge is -2.21. The Morgan fingerprint density at radius 2 is 2.00 bits per heavy atom. The minimum atomic E-state index is -0.0585. The molecule has 0 radical (unpaired) electrons. The highest BCUT2D eigenvalue weighted by Crippen LogP contribution is 2.23. The number of carbonyl (C=O) groups is 1. The monoisotopic (exact) mass is 254 g/mol. The molecule has 1 heterocycles. The first kappa shape index (κ1) is 9.87. The number of Topliss-reactive ketones (excluding diaryl/α,β-unsaturated/α-hetero) is 1. The first-order valence-electron chi connectivity index (χ1n) is 4.63. The van der Waals surface area contributed by atoms with E-state index in [0.717, 1.165) is 10.0 Å². The fraction of sp³-hybridized carbons (Fsp3) is 0.364. The van der Waals surface area contributed by atoms with Crippen LogP contribution in [-0.4, -0.2) is 19.0 Å². The minimum Gasteiger partial charge on any atom is -0.380 e. The number of rotatable bonds is 1. The van der Waals surface area contributed by atoms with Crippen LogP contribution < -0.4 is 0 Å². The molecule has 1 unspecified atom stereocenters. The van der Waals surface area contributed by atoms with Crippen molar-refractivity contribution in [2.24, 2.45) is 0 Å². The van der Waals surface area contributed by atoms with Crippen LogP contribution in [0.3, 0.4) is 0 Å². The Labute approximate surface area is 91.4 Å². The van der Waals surface area contributed by atoms with E-state index in [1.807, 2.05) is 24.3 Å². The molecule has 0 aromatic heterocycles. The Kier molecular flexibility index (Phi) is 2.99. The van der Waals surface area contributed by atoms with Crippen molar-refractivity contribution in [1.82, 2.24) is 0 Å². The Hall–Kier alpha value is -0.670. The molecule has 14 heavy (non-hydrogen) atoms. The predicted octanol–water partition coefficient (Wildman–Crippen LogP) is 2.52. The summed E-state index contributed by atoms with van der Waals surface area (Å²) in [6.45, 7) is 1.10. The lowest BCUT2D eigenvalue weighted by atomic mass is 9.92. The van der Waals surface area contributed by atoms with Gasteiger partial charge in [-0.05, 0) is 17.7 Å². The van der Waals surface area contributed by atoms with Crippen LogP contribution in [0.5, 0.6) is 0 Å². The van der Waals surface area contributed by atoms with Gasteiger partial charge in [-0.2, -0.15) is 0 Å². The van der Waals surface area contributed by atoms with Crippen molar-refractivity contribution in [3.05, 3.63) is 34.3 Å². The molecular weight excluding hydrogens is 244 g/mol. The van der Waals surface area contributed by atoms with Crippen molar-refractivity contribution in [3.8, 4) is 0 Å². The second kappa shape index (κ2) is 4.24. The summed E-state index contributed by atoms with van der Waals surface area (Å²) >= 11 is 3.37. The molecule has 0 amide bonds. The lowest BCUT2D eigenvalue weighted by Crippen LogP contribution is -2.25. The second-order valence-corrected chi connectivity index (χ2v) is 4.31. The van der Waals surface area contributed by atoms with E-state index in [0.29, 0.717) is 25.4 Å². The number of hydrogen-bond acceptors (Lipinski definition) is 2. The topological polar surface area (TPSA) is 26.3 Å². The van der Waals surface area contributed by atoms with Gasteiger partial charge in [0.2, 0.25) is 0 Å². The summed E-state index contributed by atoms with van der Waals surface area (Å²) in [7, 11) is 0. The smallest absolute Gasteiger partial charge is 0.144 e. The van der Waals surface area contributed by atoms with Crippen molar-refractivity contribution >= 4 is 21.7 Å². The quantitative estimate of drug-likeness (QED) is 0.770. The standard InChI is InChI=1S/C11H11BrO2/c12-9-3-1-8(2-4-9)10-7-14-6-5-11(10)13/h1-4,10H,5-7H2. The van der Waals surface area contributed by atoms with Gasteiger partial charge in [0.05, 0.1) is 19.1 Å². The Bertz CT molecular complexity index is 332. The Morgan fingerprint density at radius 1 is 1.29 bits per heavy atom. The molecule has 0 saturated carbocycles. The van der Waals surface area contributed by atoms with Gasteiger partial charge in [0.1, 0.15) is 5.78 Å². The Balaban J connectivity index is 2.20. The van der Waals surface area contributed by atoms with Crippen LogP contribution in [0.2, 0.25) is 0 Å². The van der Waals surface area contributed by atoms with E-state index in [-0.39, 0.29) is 5.92 Å². The zero-order valence-electron chi connectivity index (χ0n) is 7.70. The molecule has 1 atom stereocenters. The third kappa shape index (κ3) is 2.04. The van der Waals surface area contributed by atoms with Gasteiger partial charge in [0.25, 0.3) is 0 Å². The second-order valence-electron chi connectivity index (χ2n) is 3.40. The normalized spacial score (nSPS) is 22.4. The van der Waals surface area contributed by atoms with E-state index in [2.05, 4.69) is 15.9 Å². The highest BCUT2D eigenvalue weighted by atomic mass is 79.9. The molecule has 3 heteroatoms. The fourth-order valence-electron chi connectivity index (χ4n) is 1.62. The fourth-order valence-corrected chi connectivity index (χ4v) is 1.88. The van der Waals surface area contributed by atoms with E-state index in [1.165, 1.54) is 0 Å². The molecule has 1 aliphatic heterocycles. The summed E-state index contributed by atoms with van der Waals surface area (Å²) in [6.07, 6.45) is 0.542. The van der Waals surface area contributed by atoms with Gasteiger partial charge in [0, 0.05) is 10.9 Å². The summed E-state index contributed by atoms with van der Waals surface area (Å²) in [5.41, 5.74) is 1.05. The first-order valence-corrected chi connectivity index (χ1v) is 5.42. The molecule has 0 bridgehead atoms. The first-order chi connectivity index (χ1) is 6.77. The average Bonchev–Trinajstić information content (AvgIpc) is 2.20. The van der Waals surface area contributed by atoms with Gasteiger partial charge >= 0.3 is 0 Å². The van der Waals surface area contributed by atoms with Crippen LogP contribution in [0.1, 0.15) is 17.9 Å². The zero-order valence-corrected chi connectivity index (χ0v) is 9.29. The number of carbonyl (C=O) groups excluding carboxylic acids is 1. The average molecular weight is 255 g/mol. The maximum absolute atomic E-state index is 11.6. The summed E-state index contributed by atoms with van der Waals surface area (Å²) in [4.78, 5) is 11.6. The third-order valence-electron chi connectivity index (χ3n) is 2.44. The molecule has 74 valence electrons. The highest BCUT2D eigenvalue weighted by molar-refractivity contribution is 9.10. The molecule has 2 nitrogen and oxygen atoms in total. The molecule has 1 aromatic rings.